The second-order valence-corrected chi connectivity index (χ2v) is 4.21. The highest BCUT2D eigenvalue weighted by molar-refractivity contribution is 6.32. The van der Waals surface area contributed by atoms with Crippen LogP contribution >= 0.6 is 23.2 Å². The molecule has 1 rings (SSSR count). The van der Waals surface area contributed by atoms with E-state index in [2.05, 4.69) is 16.5 Å². The number of aliphatic hydroxyl groups excluding tert-OH is 1. The van der Waals surface area contributed by atoms with Crippen molar-refractivity contribution in [3.05, 3.63) is 58.2 Å². The number of hydrogen-bond donors (Lipinski definition) is 1. The fourth-order valence-electron chi connectivity index (χ4n) is 1.39. The lowest BCUT2D eigenvalue weighted by atomic mass is 10.1. The summed E-state index contributed by atoms with van der Waals surface area (Å²) in [6.45, 7) is 5.44. The van der Waals surface area contributed by atoms with Gasteiger partial charge in [-0.3, -0.25) is 0 Å². The van der Waals surface area contributed by atoms with Gasteiger partial charge >= 0.3 is 0 Å². The number of nitrogens with zero attached hydrogens (tertiary/aromatic N) is 2. The highest BCUT2D eigenvalue weighted by atomic mass is 35.5. The van der Waals surface area contributed by atoms with Crippen LogP contribution in [0.2, 0.25) is 10.4 Å². The third-order valence-electron chi connectivity index (χ3n) is 2.31. The first-order chi connectivity index (χ1) is 8.62. The monoisotopic (exact) mass is 284 g/mol. The van der Waals surface area contributed by atoms with Crippen molar-refractivity contribution in [1.29, 1.82) is 0 Å². The van der Waals surface area contributed by atoms with E-state index < -0.39 is 0 Å². The normalized spacial score (nSPS) is 12.1. The predicted molar refractivity (Wildman–Crippen MR) is 74.8 cm³/mol. The van der Waals surface area contributed by atoms with Crippen LogP contribution in [0.5, 0.6) is 0 Å². The average molecular weight is 285 g/mol. The predicted octanol–water partition coefficient (Wildman–Crippen LogP) is 3.51. The van der Waals surface area contributed by atoms with Gasteiger partial charge < -0.3 is 5.11 Å². The Morgan fingerprint density at radius 3 is 2.67 bits per heavy atom. The molecule has 3 nitrogen and oxygen atoms in total. The van der Waals surface area contributed by atoms with Crippen LogP contribution < -0.4 is 0 Å². The van der Waals surface area contributed by atoms with Crippen molar-refractivity contribution in [3.63, 3.8) is 0 Å². The van der Waals surface area contributed by atoms with E-state index in [1.807, 2.05) is 25.2 Å². The molecule has 1 heterocycles. The molecule has 5 heteroatoms. The standard InChI is InChI=1S/C13H14Cl2N2O/c1-3-5-6-9(4-2)7-11-10(8-18)12(14)17-13(15)16-11/h3-6,18H,2,7-8H2,1H3/b5-3-,9-6+. The highest BCUT2D eigenvalue weighted by Crippen LogP contribution is 2.21. The lowest BCUT2D eigenvalue weighted by Crippen LogP contribution is -2.03. The summed E-state index contributed by atoms with van der Waals surface area (Å²) < 4.78 is 0. The van der Waals surface area contributed by atoms with Crippen LogP contribution in [0.3, 0.4) is 0 Å². The number of allylic oxidation sites excluding steroid dienone is 5. The molecule has 0 radical (unpaired) electrons. The van der Waals surface area contributed by atoms with Crippen molar-refractivity contribution in [3.8, 4) is 0 Å². The first-order valence-electron chi connectivity index (χ1n) is 5.38. The van der Waals surface area contributed by atoms with Crippen molar-refractivity contribution in [2.24, 2.45) is 0 Å². The number of rotatable bonds is 5. The maximum atomic E-state index is 9.29. The first kappa shape index (κ1) is 14.9. The van der Waals surface area contributed by atoms with Gasteiger partial charge in [-0.25, -0.2) is 9.97 Å². The van der Waals surface area contributed by atoms with Gasteiger partial charge in [0.05, 0.1) is 12.3 Å². The van der Waals surface area contributed by atoms with E-state index in [0.29, 0.717) is 17.7 Å². The fourth-order valence-corrected chi connectivity index (χ4v) is 1.87. The van der Waals surface area contributed by atoms with Gasteiger partial charge in [0.1, 0.15) is 5.15 Å². The number of aliphatic hydroxyl groups is 1. The van der Waals surface area contributed by atoms with E-state index in [1.165, 1.54) is 0 Å². The lowest BCUT2D eigenvalue weighted by molar-refractivity contribution is 0.279. The summed E-state index contributed by atoms with van der Waals surface area (Å²) in [7, 11) is 0. The Labute approximate surface area is 116 Å². The number of hydrogen-bond acceptors (Lipinski definition) is 3. The molecule has 96 valence electrons. The van der Waals surface area contributed by atoms with Crippen LogP contribution in [-0.2, 0) is 13.0 Å². The minimum Gasteiger partial charge on any atom is -0.391 e. The van der Waals surface area contributed by atoms with Crippen LogP contribution in [0.15, 0.2) is 36.5 Å². The summed E-state index contributed by atoms with van der Waals surface area (Å²) in [6.07, 6.45) is 7.95. The van der Waals surface area contributed by atoms with E-state index in [1.54, 1.807) is 6.08 Å². The third kappa shape index (κ3) is 3.95. The van der Waals surface area contributed by atoms with Crippen LogP contribution in [-0.4, -0.2) is 15.1 Å². The molecular weight excluding hydrogens is 271 g/mol. The topological polar surface area (TPSA) is 46.0 Å². The van der Waals surface area contributed by atoms with Gasteiger partial charge in [-0.1, -0.05) is 42.5 Å². The minimum atomic E-state index is -0.223. The number of aromatic nitrogens is 2. The Hall–Kier alpha value is -1.16. The molecule has 0 aromatic carbocycles. The van der Waals surface area contributed by atoms with E-state index in [4.69, 9.17) is 23.2 Å². The zero-order valence-corrected chi connectivity index (χ0v) is 11.5. The lowest BCUT2D eigenvalue weighted by Gasteiger charge is -2.08. The summed E-state index contributed by atoms with van der Waals surface area (Å²) in [4.78, 5) is 7.90. The molecule has 0 saturated heterocycles. The molecule has 0 aliphatic rings. The molecule has 0 atom stereocenters. The molecule has 0 aliphatic carbocycles. The first-order valence-corrected chi connectivity index (χ1v) is 6.13. The molecule has 0 bridgehead atoms. The summed E-state index contributed by atoms with van der Waals surface area (Å²) >= 11 is 11.7. The average Bonchev–Trinajstić information content (AvgIpc) is 2.33. The minimum absolute atomic E-state index is 0.0710. The van der Waals surface area contributed by atoms with Gasteiger partial charge in [0.2, 0.25) is 5.28 Å². The van der Waals surface area contributed by atoms with Crippen molar-refractivity contribution < 1.29 is 5.11 Å². The van der Waals surface area contributed by atoms with E-state index >= 15 is 0 Å². The molecule has 1 N–H and O–H groups in total. The van der Waals surface area contributed by atoms with Crippen LogP contribution in [0, 0.1) is 0 Å². The van der Waals surface area contributed by atoms with Gasteiger partial charge in [0, 0.05) is 12.0 Å². The van der Waals surface area contributed by atoms with Crippen LogP contribution in [0.25, 0.3) is 0 Å². The smallest absolute Gasteiger partial charge is 0.224 e. The number of halogens is 2. The van der Waals surface area contributed by atoms with Crippen molar-refractivity contribution in [1.82, 2.24) is 9.97 Å². The summed E-state index contributed by atoms with van der Waals surface area (Å²) in [5, 5.41) is 9.54. The van der Waals surface area contributed by atoms with Crippen molar-refractivity contribution in [2.75, 3.05) is 0 Å². The molecule has 1 aromatic rings. The van der Waals surface area contributed by atoms with Crippen molar-refractivity contribution >= 4 is 23.2 Å². The van der Waals surface area contributed by atoms with E-state index in [9.17, 15) is 5.11 Å². The maximum Gasteiger partial charge on any atom is 0.224 e. The summed E-state index contributed by atoms with van der Waals surface area (Å²) in [6, 6.07) is 0. The Bertz CT molecular complexity index is 496. The van der Waals surface area contributed by atoms with E-state index in [-0.39, 0.29) is 17.0 Å². The largest absolute Gasteiger partial charge is 0.391 e. The second kappa shape index (κ2) is 7.31. The van der Waals surface area contributed by atoms with Crippen LogP contribution in [0.4, 0.5) is 0 Å². The Morgan fingerprint density at radius 1 is 1.39 bits per heavy atom. The molecule has 0 amide bonds. The zero-order chi connectivity index (χ0) is 13.5. The molecule has 1 aromatic heterocycles. The maximum absolute atomic E-state index is 9.29. The Morgan fingerprint density at radius 2 is 2.11 bits per heavy atom. The van der Waals surface area contributed by atoms with Gasteiger partial charge in [-0.2, -0.15) is 0 Å². The summed E-state index contributed by atoms with van der Waals surface area (Å²) in [5.41, 5.74) is 2.06. The molecular formula is C13H14Cl2N2O. The fraction of sp³-hybridized carbons (Fsp3) is 0.231. The molecule has 0 saturated carbocycles. The second-order valence-electron chi connectivity index (χ2n) is 3.52. The zero-order valence-electron chi connectivity index (χ0n) is 10.0. The van der Waals surface area contributed by atoms with Gasteiger partial charge in [0.15, 0.2) is 0 Å². The van der Waals surface area contributed by atoms with Gasteiger partial charge in [0.25, 0.3) is 0 Å². The quantitative estimate of drug-likeness (QED) is 0.511. The Kier molecular flexibility index (Phi) is 6.05. The third-order valence-corrected chi connectivity index (χ3v) is 2.79. The SMILES string of the molecule is C=C/C(=C\C=C/C)Cc1nc(Cl)nc(Cl)c1CO. The molecule has 0 unspecified atom stereocenters. The van der Waals surface area contributed by atoms with Gasteiger partial charge in [-0.05, 0) is 24.1 Å². The molecule has 0 fully saturated rings. The Balaban J connectivity index is 3.13. The van der Waals surface area contributed by atoms with Crippen LogP contribution in [0.1, 0.15) is 18.2 Å². The summed E-state index contributed by atoms with van der Waals surface area (Å²) in [5.74, 6) is 0. The van der Waals surface area contributed by atoms with Crippen molar-refractivity contribution in [2.45, 2.75) is 20.0 Å². The molecule has 0 spiro atoms. The highest BCUT2D eigenvalue weighted by Gasteiger charge is 2.12. The van der Waals surface area contributed by atoms with E-state index in [0.717, 1.165) is 5.57 Å². The molecule has 18 heavy (non-hydrogen) atoms. The van der Waals surface area contributed by atoms with Gasteiger partial charge in [-0.15, -0.1) is 0 Å². The molecule has 0 aliphatic heterocycles.